The van der Waals surface area contributed by atoms with E-state index in [0.29, 0.717) is 18.8 Å². The Bertz CT molecular complexity index is 585. The first-order chi connectivity index (χ1) is 9.37. The summed E-state index contributed by atoms with van der Waals surface area (Å²) in [6.45, 7) is 2.58. The number of rotatable bonds is 3. The van der Waals surface area contributed by atoms with Crippen molar-refractivity contribution in [2.45, 2.75) is 13.0 Å². The predicted molar refractivity (Wildman–Crippen MR) is 79.6 cm³/mol. The second kappa shape index (κ2) is 5.80. The third-order valence-corrected chi connectivity index (χ3v) is 4.85. The normalized spacial score (nSPS) is 19.4. The van der Waals surface area contributed by atoms with Crippen molar-refractivity contribution in [1.29, 1.82) is 0 Å². The van der Waals surface area contributed by atoms with Gasteiger partial charge < -0.3 is 16.0 Å². The first kappa shape index (κ1) is 14.8. The number of nitrogens with two attached hydrogens (primary N) is 1. The predicted octanol–water partition coefficient (Wildman–Crippen LogP) is 0.207. The molecule has 0 aliphatic carbocycles. The Balaban J connectivity index is 2.08. The Morgan fingerprint density at radius 1 is 1.35 bits per heavy atom. The second-order valence-corrected chi connectivity index (χ2v) is 7.27. The quantitative estimate of drug-likeness (QED) is 0.832. The van der Waals surface area contributed by atoms with Crippen LogP contribution >= 0.6 is 0 Å². The van der Waals surface area contributed by atoms with Gasteiger partial charge in [-0.25, -0.2) is 8.42 Å². The maximum atomic E-state index is 11.6. The zero-order chi connectivity index (χ0) is 14.8. The summed E-state index contributed by atoms with van der Waals surface area (Å²) in [6.07, 6.45) is 0. The number of carbonyl (C=O) groups is 1. The maximum absolute atomic E-state index is 11.6. The number of hydrogen-bond donors (Lipinski definition) is 2. The SMILES string of the molecule is C[C@@H](N)C(=O)Nc1cccc(N2CCS(=O)(=O)CC2)c1. The Kier molecular flexibility index (Phi) is 4.29. The van der Waals surface area contributed by atoms with Crippen LogP contribution in [-0.4, -0.2) is 45.0 Å². The molecule has 1 aliphatic rings. The first-order valence-corrected chi connectivity index (χ1v) is 8.31. The Hall–Kier alpha value is -1.60. The molecule has 1 aliphatic heterocycles. The molecule has 0 spiro atoms. The van der Waals surface area contributed by atoms with Gasteiger partial charge in [-0.2, -0.15) is 0 Å². The monoisotopic (exact) mass is 297 g/mol. The van der Waals surface area contributed by atoms with Gasteiger partial charge in [0, 0.05) is 24.5 Å². The Labute approximate surface area is 118 Å². The van der Waals surface area contributed by atoms with E-state index >= 15 is 0 Å². The van der Waals surface area contributed by atoms with E-state index < -0.39 is 15.9 Å². The molecule has 1 aromatic carbocycles. The summed E-state index contributed by atoms with van der Waals surface area (Å²) < 4.78 is 22.8. The molecule has 1 aromatic rings. The number of benzene rings is 1. The van der Waals surface area contributed by atoms with E-state index in [1.807, 2.05) is 23.1 Å². The summed E-state index contributed by atoms with van der Waals surface area (Å²) in [6, 6.07) is 6.77. The van der Waals surface area contributed by atoms with Crippen LogP contribution in [-0.2, 0) is 14.6 Å². The van der Waals surface area contributed by atoms with Gasteiger partial charge in [0.15, 0.2) is 9.84 Å². The van der Waals surface area contributed by atoms with Gasteiger partial charge in [0.25, 0.3) is 0 Å². The third kappa shape index (κ3) is 3.71. The van der Waals surface area contributed by atoms with Crippen molar-refractivity contribution in [1.82, 2.24) is 0 Å². The van der Waals surface area contributed by atoms with Gasteiger partial charge in [-0.15, -0.1) is 0 Å². The molecule has 7 heteroatoms. The van der Waals surface area contributed by atoms with Crippen molar-refractivity contribution in [3.8, 4) is 0 Å². The number of nitrogens with zero attached hydrogens (tertiary/aromatic N) is 1. The standard InChI is InChI=1S/C13H19N3O3S/c1-10(14)13(17)15-11-3-2-4-12(9-11)16-5-7-20(18,19)8-6-16/h2-4,9-10H,5-8,14H2,1H3,(H,15,17)/t10-/m1/s1. The molecule has 1 saturated heterocycles. The highest BCUT2D eigenvalue weighted by molar-refractivity contribution is 7.91. The topological polar surface area (TPSA) is 92.5 Å². The lowest BCUT2D eigenvalue weighted by molar-refractivity contribution is -0.117. The van der Waals surface area contributed by atoms with Gasteiger partial charge in [-0.3, -0.25) is 4.79 Å². The Morgan fingerprint density at radius 2 is 2.00 bits per heavy atom. The van der Waals surface area contributed by atoms with Crippen LogP contribution in [0.5, 0.6) is 0 Å². The Morgan fingerprint density at radius 3 is 2.60 bits per heavy atom. The summed E-state index contributed by atoms with van der Waals surface area (Å²) in [7, 11) is -2.89. The van der Waals surface area contributed by atoms with Crippen LogP contribution in [0.15, 0.2) is 24.3 Å². The van der Waals surface area contributed by atoms with Crippen molar-refractivity contribution in [3.63, 3.8) is 0 Å². The average molecular weight is 297 g/mol. The minimum atomic E-state index is -2.89. The van der Waals surface area contributed by atoms with Gasteiger partial charge in [-0.05, 0) is 25.1 Å². The zero-order valence-corrected chi connectivity index (χ0v) is 12.2. The summed E-state index contributed by atoms with van der Waals surface area (Å²) in [4.78, 5) is 13.6. The fourth-order valence-corrected chi connectivity index (χ4v) is 3.21. The van der Waals surface area contributed by atoms with Crippen molar-refractivity contribution in [2.75, 3.05) is 34.8 Å². The largest absolute Gasteiger partial charge is 0.369 e. The molecule has 1 heterocycles. The lowest BCUT2D eigenvalue weighted by Crippen LogP contribution is -2.40. The second-order valence-electron chi connectivity index (χ2n) is 4.97. The molecule has 2 rings (SSSR count). The van der Waals surface area contributed by atoms with Gasteiger partial charge in [0.05, 0.1) is 17.5 Å². The number of amides is 1. The minimum absolute atomic E-state index is 0.170. The molecule has 20 heavy (non-hydrogen) atoms. The van der Waals surface area contributed by atoms with Gasteiger partial charge in [0.2, 0.25) is 5.91 Å². The molecule has 0 aromatic heterocycles. The van der Waals surface area contributed by atoms with E-state index in [0.717, 1.165) is 5.69 Å². The zero-order valence-electron chi connectivity index (χ0n) is 11.4. The van der Waals surface area contributed by atoms with E-state index in [1.165, 1.54) is 0 Å². The van der Waals surface area contributed by atoms with Crippen LogP contribution in [0.4, 0.5) is 11.4 Å². The smallest absolute Gasteiger partial charge is 0.240 e. The lowest BCUT2D eigenvalue weighted by atomic mass is 10.2. The molecular formula is C13H19N3O3S. The van der Waals surface area contributed by atoms with Crippen LogP contribution in [0.3, 0.4) is 0 Å². The van der Waals surface area contributed by atoms with Gasteiger partial charge >= 0.3 is 0 Å². The van der Waals surface area contributed by atoms with Crippen LogP contribution in [0.25, 0.3) is 0 Å². The molecule has 3 N–H and O–H groups in total. The van der Waals surface area contributed by atoms with Crippen LogP contribution < -0.4 is 16.0 Å². The number of carbonyl (C=O) groups excluding carboxylic acids is 1. The molecule has 0 bridgehead atoms. The third-order valence-electron chi connectivity index (χ3n) is 3.24. The average Bonchev–Trinajstić information content (AvgIpc) is 2.38. The number of nitrogens with one attached hydrogen (secondary N) is 1. The van der Waals surface area contributed by atoms with E-state index in [2.05, 4.69) is 5.32 Å². The number of hydrogen-bond acceptors (Lipinski definition) is 5. The fourth-order valence-electron chi connectivity index (χ4n) is 2.01. The molecule has 0 radical (unpaired) electrons. The van der Waals surface area contributed by atoms with Gasteiger partial charge in [0.1, 0.15) is 0 Å². The van der Waals surface area contributed by atoms with Crippen molar-refractivity contribution < 1.29 is 13.2 Å². The molecular weight excluding hydrogens is 278 g/mol. The lowest BCUT2D eigenvalue weighted by Gasteiger charge is -2.29. The summed E-state index contributed by atoms with van der Waals surface area (Å²) in [5.74, 6) is 0.0932. The van der Waals surface area contributed by atoms with Crippen molar-refractivity contribution in [2.24, 2.45) is 5.73 Å². The van der Waals surface area contributed by atoms with Crippen molar-refractivity contribution in [3.05, 3.63) is 24.3 Å². The van der Waals surface area contributed by atoms with E-state index in [9.17, 15) is 13.2 Å². The molecule has 6 nitrogen and oxygen atoms in total. The van der Waals surface area contributed by atoms with E-state index in [1.54, 1.807) is 13.0 Å². The summed E-state index contributed by atoms with van der Waals surface area (Å²) in [5, 5.41) is 2.73. The highest BCUT2D eigenvalue weighted by Crippen LogP contribution is 2.21. The molecule has 0 unspecified atom stereocenters. The summed E-state index contributed by atoms with van der Waals surface area (Å²) in [5.41, 5.74) is 7.08. The van der Waals surface area contributed by atoms with Gasteiger partial charge in [-0.1, -0.05) is 6.07 Å². The number of sulfone groups is 1. The molecule has 1 amide bonds. The van der Waals surface area contributed by atoms with E-state index in [-0.39, 0.29) is 17.4 Å². The molecule has 110 valence electrons. The molecule has 1 atom stereocenters. The molecule has 1 fully saturated rings. The minimum Gasteiger partial charge on any atom is -0.369 e. The van der Waals surface area contributed by atoms with Crippen LogP contribution in [0, 0.1) is 0 Å². The fraction of sp³-hybridized carbons (Fsp3) is 0.462. The van der Waals surface area contributed by atoms with Crippen LogP contribution in [0.1, 0.15) is 6.92 Å². The number of anilines is 2. The van der Waals surface area contributed by atoms with Crippen LogP contribution in [0.2, 0.25) is 0 Å². The summed E-state index contributed by atoms with van der Waals surface area (Å²) >= 11 is 0. The highest BCUT2D eigenvalue weighted by atomic mass is 32.2. The van der Waals surface area contributed by atoms with E-state index in [4.69, 9.17) is 5.73 Å². The highest BCUT2D eigenvalue weighted by Gasteiger charge is 2.21. The first-order valence-electron chi connectivity index (χ1n) is 6.49. The molecule has 0 saturated carbocycles. The van der Waals surface area contributed by atoms with Crippen molar-refractivity contribution >= 4 is 27.1 Å². The maximum Gasteiger partial charge on any atom is 0.240 e.